The lowest BCUT2D eigenvalue weighted by Gasteiger charge is -2.20. The molecule has 0 saturated heterocycles. The van der Waals surface area contributed by atoms with Crippen molar-refractivity contribution >= 4 is 23.1 Å². The van der Waals surface area contributed by atoms with Crippen LogP contribution in [0.25, 0.3) is 10.6 Å². The van der Waals surface area contributed by atoms with Gasteiger partial charge in [-0.15, -0.1) is 11.3 Å². The fourth-order valence-corrected chi connectivity index (χ4v) is 4.17. The number of carbonyl (C=O) groups is 1. The summed E-state index contributed by atoms with van der Waals surface area (Å²) < 4.78 is 5.18. The SMILES string of the molecule is CCc1ccc(-c2noc(N)c2C(=O)NC(c2ccccc2)c2ccccc2)s1. The summed E-state index contributed by atoms with van der Waals surface area (Å²) in [7, 11) is 0. The minimum atomic E-state index is -0.318. The number of nitrogens with one attached hydrogen (secondary N) is 1. The monoisotopic (exact) mass is 403 g/mol. The van der Waals surface area contributed by atoms with Crippen molar-refractivity contribution in [1.29, 1.82) is 0 Å². The van der Waals surface area contributed by atoms with Gasteiger partial charge in [0.25, 0.3) is 5.91 Å². The van der Waals surface area contributed by atoms with Crippen LogP contribution in [0.1, 0.15) is 39.3 Å². The normalized spacial score (nSPS) is 11.0. The van der Waals surface area contributed by atoms with E-state index >= 15 is 0 Å². The minimum Gasteiger partial charge on any atom is -0.367 e. The van der Waals surface area contributed by atoms with Crippen LogP contribution < -0.4 is 11.1 Å². The van der Waals surface area contributed by atoms with Crippen LogP contribution in [0.3, 0.4) is 0 Å². The number of anilines is 1. The fraction of sp³-hybridized carbons (Fsp3) is 0.130. The molecule has 2 aromatic heterocycles. The number of aromatic nitrogens is 1. The van der Waals surface area contributed by atoms with Crippen LogP contribution in [0.4, 0.5) is 5.88 Å². The van der Waals surface area contributed by atoms with E-state index < -0.39 is 0 Å². The van der Waals surface area contributed by atoms with Crippen LogP contribution in [0.15, 0.2) is 77.3 Å². The third kappa shape index (κ3) is 3.93. The van der Waals surface area contributed by atoms with Gasteiger partial charge in [-0.2, -0.15) is 0 Å². The Balaban J connectivity index is 1.70. The van der Waals surface area contributed by atoms with Gasteiger partial charge in [-0.3, -0.25) is 4.79 Å². The summed E-state index contributed by atoms with van der Waals surface area (Å²) in [6, 6.07) is 23.3. The van der Waals surface area contributed by atoms with Gasteiger partial charge >= 0.3 is 0 Å². The quantitative estimate of drug-likeness (QED) is 0.471. The molecule has 146 valence electrons. The Labute approximate surface area is 173 Å². The zero-order valence-corrected chi connectivity index (χ0v) is 16.8. The Morgan fingerprint density at radius 2 is 1.66 bits per heavy atom. The molecule has 0 bridgehead atoms. The lowest BCUT2D eigenvalue weighted by atomic mass is 9.98. The van der Waals surface area contributed by atoms with E-state index in [1.807, 2.05) is 72.8 Å². The van der Waals surface area contributed by atoms with E-state index in [0.29, 0.717) is 5.69 Å². The summed E-state index contributed by atoms with van der Waals surface area (Å²) in [5.74, 6) is -0.299. The van der Waals surface area contributed by atoms with Gasteiger partial charge in [0.05, 0.1) is 10.9 Å². The number of hydrogen-bond acceptors (Lipinski definition) is 5. The zero-order valence-electron chi connectivity index (χ0n) is 16.0. The molecule has 0 radical (unpaired) electrons. The van der Waals surface area contributed by atoms with Crippen molar-refractivity contribution in [3.05, 3.63) is 94.4 Å². The number of nitrogen functional groups attached to an aromatic ring is 1. The molecule has 6 heteroatoms. The van der Waals surface area contributed by atoms with E-state index in [1.165, 1.54) is 4.88 Å². The molecule has 4 aromatic rings. The number of carbonyl (C=O) groups excluding carboxylic acids is 1. The Morgan fingerprint density at radius 3 is 2.21 bits per heavy atom. The highest BCUT2D eigenvalue weighted by Gasteiger charge is 2.26. The molecule has 0 aliphatic heterocycles. The summed E-state index contributed by atoms with van der Waals surface area (Å²) in [4.78, 5) is 15.3. The van der Waals surface area contributed by atoms with Crippen LogP contribution >= 0.6 is 11.3 Å². The van der Waals surface area contributed by atoms with Crippen molar-refractivity contribution in [3.8, 4) is 10.6 Å². The molecule has 2 aromatic carbocycles. The number of nitrogens with two attached hydrogens (primary N) is 1. The topological polar surface area (TPSA) is 81.2 Å². The summed E-state index contributed by atoms with van der Waals surface area (Å²) in [5.41, 5.74) is 8.69. The van der Waals surface area contributed by atoms with Crippen molar-refractivity contribution in [2.45, 2.75) is 19.4 Å². The van der Waals surface area contributed by atoms with E-state index in [9.17, 15) is 4.79 Å². The van der Waals surface area contributed by atoms with Gasteiger partial charge in [-0.1, -0.05) is 72.7 Å². The molecule has 4 rings (SSSR count). The Bertz CT molecular complexity index is 1060. The standard InChI is InChI=1S/C23H21N3O2S/c1-2-17-13-14-18(29-17)21-19(22(24)28-26-21)23(27)25-20(15-9-5-3-6-10-15)16-11-7-4-8-12-16/h3-14,20H,2,24H2,1H3,(H,25,27). The van der Waals surface area contributed by atoms with Crippen LogP contribution in [0.5, 0.6) is 0 Å². The van der Waals surface area contributed by atoms with E-state index in [2.05, 4.69) is 17.4 Å². The van der Waals surface area contributed by atoms with Gasteiger partial charge < -0.3 is 15.6 Å². The van der Waals surface area contributed by atoms with Gasteiger partial charge in [0.2, 0.25) is 5.88 Å². The van der Waals surface area contributed by atoms with Gasteiger partial charge in [0, 0.05) is 4.88 Å². The second-order valence-electron chi connectivity index (χ2n) is 6.62. The van der Waals surface area contributed by atoms with Crippen LogP contribution in [-0.2, 0) is 6.42 Å². The minimum absolute atomic E-state index is 0.0174. The van der Waals surface area contributed by atoms with Gasteiger partial charge in [0.15, 0.2) is 0 Å². The lowest BCUT2D eigenvalue weighted by molar-refractivity contribution is 0.0944. The Morgan fingerprint density at radius 1 is 1.03 bits per heavy atom. The largest absolute Gasteiger partial charge is 0.367 e. The van der Waals surface area contributed by atoms with Gasteiger partial charge in [0.1, 0.15) is 11.3 Å². The van der Waals surface area contributed by atoms with Crippen molar-refractivity contribution in [3.63, 3.8) is 0 Å². The highest BCUT2D eigenvalue weighted by molar-refractivity contribution is 7.15. The van der Waals surface area contributed by atoms with Crippen LogP contribution in [0.2, 0.25) is 0 Å². The molecule has 0 aliphatic carbocycles. The lowest BCUT2D eigenvalue weighted by Crippen LogP contribution is -2.30. The summed E-state index contributed by atoms with van der Waals surface area (Å²) in [6.45, 7) is 2.09. The number of aryl methyl sites for hydroxylation is 1. The maximum Gasteiger partial charge on any atom is 0.259 e. The van der Waals surface area contributed by atoms with E-state index in [1.54, 1.807) is 11.3 Å². The first-order valence-corrected chi connectivity index (χ1v) is 10.2. The average Bonchev–Trinajstić information content (AvgIpc) is 3.39. The second-order valence-corrected chi connectivity index (χ2v) is 7.79. The van der Waals surface area contributed by atoms with Crippen LogP contribution in [0, 0.1) is 0 Å². The molecule has 0 spiro atoms. The van der Waals surface area contributed by atoms with E-state index in [4.69, 9.17) is 10.3 Å². The molecule has 1 amide bonds. The zero-order chi connectivity index (χ0) is 20.2. The first kappa shape index (κ1) is 19.0. The molecule has 2 heterocycles. The maximum absolute atomic E-state index is 13.3. The number of amides is 1. The first-order valence-electron chi connectivity index (χ1n) is 9.42. The molecule has 29 heavy (non-hydrogen) atoms. The third-order valence-corrected chi connectivity index (χ3v) is 5.97. The van der Waals surface area contributed by atoms with Gasteiger partial charge in [-0.05, 0) is 29.7 Å². The number of thiophene rings is 1. The molecule has 0 saturated carbocycles. The van der Waals surface area contributed by atoms with E-state index in [0.717, 1.165) is 22.4 Å². The summed E-state index contributed by atoms with van der Waals surface area (Å²) in [6.07, 6.45) is 0.920. The fourth-order valence-electron chi connectivity index (χ4n) is 3.24. The Hall–Kier alpha value is -3.38. The highest BCUT2D eigenvalue weighted by Crippen LogP contribution is 2.33. The highest BCUT2D eigenvalue weighted by atomic mass is 32.1. The average molecular weight is 404 g/mol. The molecule has 5 nitrogen and oxygen atoms in total. The summed E-state index contributed by atoms with van der Waals surface area (Å²) >= 11 is 1.58. The predicted molar refractivity (Wildman–Crippen MR) is 116 cm³/mol. The molecule has 0 fully saturated rings. The molecule has 3 N–H and O–H groups in total. The Kier molecular flexibility index (Phi) is 5.44. The number of rotatable bonds is 6. The molecule has 0 aliphatic rings. The molecular formula is C23H21N3O2S. The van der Waals surface area contributed by atoms with Crippen molar-refractivity contribution < 1.29 is 9.32 Å². The van der Waals surface area contributed by atoms with Crippen LogP contribution in [-0.4, -0.2) is 11.1 Å². The summed E-state index contributed by atoms with van der Waals surface area (Å²) in [5, 5.41) is 7.17. The van der Waals surface area contributed by atoms with Gasteiger partial charge in [-0.25, -0.2) is 0 Å². The third-order valence-electron chi connectivity index (χ3n) is 4.73. The van der Waals surface area contributed by atoms with E-state index in [-0.39, 0.29) is 23.4 Å². The molecule has 0 atom stereocenters. The molecule has 0 unspecified atom stereocenters. The number of benzene rings is 2. The second kappa shape index (κ2) is 8.32. The first-order chi connectivity index (χ1) is 14.2. The van der Waals surface area contributed by atoms with Crippen molar-refractivity contribution in [2.24, 2.45) is 0 Å². The number of nitrogens with zero attached hydrogens (tertiary/aromatic N) is 1. The molecular weight excluding hydrogens is 382 g/mol. The predicted octanol–water partition coefficient (Wildman–Crippen LogP) is 5.07. The van der Waals surface area contributed by atoms with Crippen molar-refractivity contribution in [1.82, 2.24) is 10.5 Å². The maximum atomic E-state index is 13.3. The van der Waals surface area contributed by atoms with Crippen molar-refractivity contribution in [2.75, 3.05) is 5.73 Å². The smallest absolute Gasteiger partial charge is 0.259 e. The number of hydrogen-bond donors (Lipinski definition) is 2.